The molecule has 0 aromatic rings. The lowest BCUT2D eigenvalue weighted by atomic mass is 9.99. The van der Waals surface area contributed by atoms with Crippen molar-refractivity contribution < 1.29 is 9.59 Å². The van der Waals surface area contributed by atoms with Crippen molar-refractivity contribution in [3.63, 3.8) is 0 Å². The van der Waals surface area contributed by atoms with Gasteiger partial charge in [-0.25, -0.2) is 0 Å². The summed E-state index contributed by atoms with van der Waals surface area (Å²) in [5.74, 6) is 0.0981. The maximum atomic E-state index is 12.5. The predicted octanol–water partition coefficient (Wildman–Crippen LogP) is 1.41. The summed E-state index contributed by atoms with van der Waals surface area (Å²) >= 11 is 0. The molecule has 0 aromatic carbocycles. The molecule has 0 aromatic heterocycles. The van der Waals surface area contributed by atoms with E-state index in [1.54, 1.807) is 6.92 Å². The first-order chi connectivity index (χ1) is 11.5. The van der Waals surface area contributed by atoms with Crippen LogP contribution in [0.3, 0.4) is 0 Å². The maximum absolute atomic E-state index is 12.5. The minimum Gasteiger partial charge on any atom is -0.338 e. The quantitative estimate of drug-likeness (QED) is 0.844. The van der Waals surface area contributed by atoms with Crippen molar-refractivity contribution in [2.45, 2.75) is 75.9 Å². The van der Waals surface area contributed by atoms with Gasteiger partial charge in [-0.05, 0) is 57.9 Å². The monoisotopic (exact) mass is 332 g/mol. The van der Waals surface area contributed by atoms with Crippen LogP contribution < -0.4 is 5.32 Å². The molecular weight excluding hydrogens is 304 g/mol. The Morgan fingerprint density at radius 1 is 1.12 bits per heavy atom. The molecule has 2 atom stereocenters. The summed E-state index contributed by atoms with van der Waals surface area (Å²) in [4.78, 5) is 28.6. The molecule has 6 nitrogen and oxygen atoms in total. The predicted molar refractivity (Wildman–Crippen MR) is 90.0 cm³/mol. The van der Waals surface area contributed by atoms with Crippen LogP contribution in [0.15, 0.2) is 0 Å². The van der Waals surface area contributed by atoms with Crippen molar-refractivity contribution in [1.29, 1.82) is 5.26 Å². The number of nitrogens with zero attached hydrogens (tertiary/aromatic N) is 3. The van der Waals surface area contributed by atoms with Gasteiger partial charge < -0.3 is 10.2 Å². The van der Waals surface area contributed by atoms with Crippen LogP contribution in [0.25, 0.3) is 0 Å². The highest BCUT2D eigenvalue weighted by atomic mass is 16.2. The molecule has 132 valence electrons. The Hall–Kier alpha value is -1.61. The van der Waals surface area contributed by atoms with Crippen molar-refractivity contribution in [1.82, 2.24) is 15.1 Å². The molecule has 3 aliphatic rings. The molecule has 2 unspecified atom stereocenters. The molecule has 6 heteroatoms. The van der Waals surface area contributed by atoms with E-state index in [9.17, 15) is 14.9 Å². The lowest BCUT2D eigenvalue weighted by molar-refractivity contribution is -0.130. The highest BCUT2D eigenvalue weighted by molar-refractivity contribution is 5.79. The summed E-state index contributed by atoms with van der Waals surface area (Å²) in [7, 11) is 0. The molecule has 0 spiro atoms. The first-order valence-corrected chi connectivity index (χ1v) is 9.28. The van der Waals surface area contributed by atoms with Gasteiger partial charge >= 0.3 is 0 Å². The van der Waals surface area contributed by atoms with E-state index in [2.05, 4.69) is 16.3 Å². The molecule has 0 bridgehead atoms. The molecule has 1 saturated carbocycles. The topological polar surface area (TPSA) is 76.4 Å². The van der Waals surface area contributed by atoms with Crippen LogP contribution in [-0.4, -0.2) is 58.9 Å². The van der Waals surface area contributed by atoms with Gasteiger partial charge in [-0.3, -0.25) is 14.5 Å². The number of amides is 2. The molecule has 2 amide bonds. The zero-order chi connectivity index (χ0) is 17.2. The normalized spacial score (nSPS) is 29.6. The van der Waals surface area contributed by atoms with E-state index in [0.29, 0.717) is 6.54 Å². The van der Waals surface area contributed by atoms with Gasteiger partial charge in [-0.1, -0.05) is 0 Å². The Labute approximate surface area is 144 Å². The van der Waals surface area contributed by atoms with E-state index in [4.69, 9.17) is 0 Å². The Balaban J connectivity index is 1.61. The first kappa shape index (κ1) is 17.2. The minimum atomic E-state index is -0.648. The summed E-state index contributed by atoms with van der Waals surface area (Å²) in [5, 5.41) is 12.4. The molecule has 0 radical (unpaired) electrons. The van der Waals surface area contributed by atoms with Gasteiger partial charge in [0.1, 0.15) is 5.54 Å². The zero-order valence-electron chi connectivity index (χ0n) is 14.6. The second-order valence-electron chi connectivity index (χ2n) is 7.55. The summed E-state index contributed by atoms with van der Waals surface area (Å²) in [5.41, 5.74) is -0.648. The van der Waals surface area contributed by atoms with Gasteiger partial charge in [-0.2, -0.15) is 5.26 Å². The molecule has 3 fully saturated rings. The van der Waals surface area contributed by atoms with Crippen LogP contribution in [0.2, 0.25) is 0 Å². The van der Waals surface area contributed by atoms with Crippen molar-refractivity contribution in [3.8, 4) is 6.07 Å². The van der Waals surface area contributed by atoms with Crippen molar-refractivity contribution in [3.05, 3.63) is 0 Å². The largest absolute Gasteiger partial charge is 0.338 e. The molecule has 1 N–H and O–H groups in total. The Morgan fingerprint density at radius 2 is 1.79 bits per heavy atom. The average molecular weight is 332 g/mol. The minimum absolute atomic E-state index is 0.0438. The summed E-state index contributed by atoms with van der Waals surface area (Å²) in [6, 6.07) is 2.84. The third-order valence-electron chi connectivity index (χ3n) is 5.96. The number of carbonyl (C=O) groups excluding carboxylic acids is 2. The van der Waals surface area contributed by atoms with Gasteiger partial charge in [0.2, 0.25) is 11.8 Å². The number of nitrogens with one attached hydrogen (secondary N) is 1. The van der Waals surface area contributed by atoms with E-state index in [0.717, 1.165) is 64.5 Å². The smallest absolute Gasteiger partial charge is 0.235 e. The second kappa shape index (κ2) is 7.10. The van der Waals surface area contributed by atoms with Crippen molar-refractivity contribution in [2.24, 2.45) is 0 Å². The van der Waals surface area contributed by atoms with E-state index in [1.807, 2.05) is 4.90 Å². The number of nitriles is 1. The zero-order valence-corrected chi connectivity index (χ0v) is 14.6. The Bertz CT molecular complexity index is 536. The average Bonchev–Trinajstić information content (AvgIpc) is 3.26. The van der Waals surface area contributed by atoms with Crippen LogP contribution in [0, 0.1) is 11.3 Å². The van der Waals surface area contributed by atoms with E-state index >= 15 is 0 Å². The molecule has 2 saturated heterocycles. The molecule has 1 aliphatic carbocycles. The first-order valence-electron chi connectivity index (χ1n) is 9.28. The third kappa shape index (κ3) is 3.41. The fourth-order valence-electron chi connectivity index (χ4n) is 4.80. The molecule has 2 aliphatic heterocycles. The van der Waals surface area contributed by atoms with Gasteiger partial charge in [0.15, 0.2) is 0 Å². The van der Waals surface area contributed by atoms with Crippen molar-refractivity contribution >= 4 is 11.8 Å². The summed E-state index contributed by atoms with van der Waals surface area (Å²) < 4.78 is 0. The summed E-state index contributed by atoms with van der Waals surface area (Å²) in [6.07, 6.45) is 7.75. The number of carbonyl (C=O) groups is 2. The highest BCUT2D eigenvalue weighted by Gasteiger charge is 2.40. The van der Waals surface area contributed by atoms with Crippen LogP contribution in [0.5, 0.6) is 0 Å². The highest BCUT2D eigenvalue weighted by Crippen LogP contribution is 2.31. The van der Waals surface area contributed by atoms with E-state index in [1.165, 1.54) is 0 Å². The third-order valence-corrected chi connectivity index (χ3v) is 5.96. The SMILES string of the molecule is CC(=O)N1CCCC1C1CCCN1CC(=O)NC1(C#N)CCCC1. The molecule has 2 heterocycles. The van der Waals surface area contributed by atoms with Crippen LogP contribution in [0.1, 0.15) is 58.3 Å². The number of hydrogen-bond acceptors (Lipinski definition) is 4. The molecule has 3 rings (SSSR count). The fraction of sp³-hybridized carbons (Fsp3) is 0.833. The van der Waals surface area contributed by atoms with Crippen molar-refractivity contribution in [2.75, 3.05) is 19.6 Å². The van der Waals surface area contributed by atoms with E-state index < -0.39 is 5.54 Å². The standard InChI is InChI=1S/C18H28N4O2/c1-14(23)22-11-5-7-16(22)15-6-4-10-21(15)12-17(24)20-18(13-19)8-2-3-9-18/h15-16H,2-12H2,1H3,(H,20,24). The van der Waals surface area contributed by atoms with E-state index in [-0.39, 0.29) is 23.9 Å². The van der Waals surface area contributed by atoms with Crippen LogP contribution in [0.4, 0.5) is 0 Å². The van der Waals surface area contributed by atoms with Gasteiger partial charge in [0, 0.05) is 25.6 Å². The fourth-order valence-corrected chi connectivity index (χ4v) is 4.80. The summed E-state index contributed by atoms with van der Waals surface area (Å²) in [6.45, 7) is 3.73. The van der Waals surface area contributed by atoms with Gasteiger partial charge in [0.25, 0.3) is 0 Å². The van der Waals surface area contributed by atoms with Gasteiger partial charge in [-0.15, -0.1) is 0 Å². The van der Waals surface area contributed by atoms with Gasteiger partial charge in [0.05, 0.1) is 12.6 Å². The number of likely N-dealkylation sites (tertiary alicyclic amines) is 2. The Kier molecular flexibility index (Phi) is 5.09. The van der Waals surface area contributed by atoms with Crippen LogP contribution >= 0.6 is 0 Å². The second-order valence-corrected chi connectivity index (χ2v) is 7.55. The molecular formula is C18H28N4O2. The Morgan fingerprint density at radius 3 is 2.46 bits per heavy atom. The van der Waals surface area contributed by atoms with Crippen LogP contribution in [-0.2, 0) is 9.59 Å². The number of rotatable bonds is 4. The molecule has 24 heavy (non-hydrogen) atoms. The lowest BCUT2D eigenvalue weighted by Crippen LogP contribution is -2.53. The maximum Gasteiger partial charge on any atom is 0.235 e. The number of hydrogen-bond donors (Lipinski definition) is 1. The lowest BCUT2D eigenvalue weighted by Gasteiger charge is -2.34.